The summed E-state index contributed by atoms with van der Waals surface area (Å²) in [5, 5.41) is 8.91. The van der Waals surface area contributed by atoms with Crippen LogP contribution in [0.2, 0.25) is 0 Å². The molecule has 5 nitrogen and oxygen atoms in total. The van der Waals surface area contributed by atoms with E-state index in [1.165, 1.54) is 0 Å². The van der Waals surface area contributed by atoms with Gasteiger partial charge in [-0.15, -0.1) is 0 Å². The van der Waals surface area contributed by atoms with Crippen molar-refractivity contribution in [3.63, 3.8) is 0 Å². The lowest BCUT2D eigenvalue weighted by molar-refractivity contribution is -0.129. The molecule has 2 rings (SSSR count). The van der Waals surface area contributed by atoms with Gasteiger partial charge in [0.1, 0.15) is 6.04 Å². The number of carbonyl (C=O) groups excluding carboxylic acids is 2. The number of rotatable bonds is 5. The third-order valence-corrected chi connectivity index (χ3v) is 3.70. The Morgan fingerprint density at radius 1 is 1.38 bits per heavy atom. The van der Waals surface area contributed by atoms with Crippen molar-refractivity contribution in [1.29, 1.82) is 0 Å². The van der Waals surface area contributed by atoms with E-state index >= 15 is 0 Å². The minimum absolute atomic E-state index is 0.0805. The van der Waals surface area contributed by atoms with Gasteiger partial charge in [0.15, 0.2) is 0 Å². The van der Waals surface area contributed by atoms with Crippen LogP contribution in [0.1, 0.15) is 38.2 Å². The van der Waals surface area contributed by atoms with Gasteiger partial charge < -0.3 is 16.0 Å². The molecule has 114 valence electrons. The average Bonchev–Trinajstić information content (AvgIpc) is 2.51. The molecule has 0 fully saturated rings. The quantitative estimate of drug-likeness (QED) is 0.771. The first-order chi connectivity index (χ1) is 10.1. The lowest BCUT2D eigenvalue weighted by Gasteiger charge is -2.27. The summed E-state index contributed by atoms with van der Waals surface area (Å²) < 4.78 is 0. The van der Waals surface area contributed by atoms with Crippen LogP contribution in [0.15, 0.2) is 24.3 Å². The summed E-state index contributed by atoms with van der Waals surface area (Å²) in [6.45, 7) is 5.12. The first-order valence-electron chi connectivity index (χ1n) is 7.54. The van der Waals surface area contributed by atoms with E-state index in [-0.39, 0.29) is 17.7 Å². The smallest absolute Gasteiger partial charge is 0.242 e. The number of para-hydroxylation sites is 1. The highest BCUT2D eigenvalue weighted by atomic mass is 16.2. The van der Waals surface area contributed by atoms with Crippen LogP contribution in [-0.4, -0.2) is 30.9 Å². The second kappa shape index (κ2) is 7.11. The Kier molecular flexibility index (Phi) is 5.20. The minimum atomic E-state index is -0.508. The standard InChI is InChI=1S/C16H23N3O2/c1-3-9-18-15(20)11(2)19-16(21)13-8-10-17-14-7-5-4-6-12(13)14/h4-7,11,13,17H,3,8-10H2,1-2H3,(H,18,20)(H,19,21). The largest absolute Gasteiger partial charge is 0.385 e. The van der Waals surface area contributed by atoms with Crippen LogP contribution in [-0.2, 0) is 9.59 Å². The van der Waals surface area contributed by atoms with Crippen molar-refractivity contribution in [2.45, 2.75) is 38.6 Å². The number of anilines is 1. The van der Waals surface area contributed by atoms with Crippen LogP contribution < -0.4 is 16.0 Å². The zero-order valence-electron chi connectivity index (χ0n) is 12.6. The van der Waals surface area contributed by atoms with Gasteiger partial charge in [0.2, 0.25) is 11.8 Å². The van der Waals surface area contributed by atoms with Crippen molar-refractivity contribution in [1.82, 2.24) is 10.6 Å². The highest BCUT2D eigenvalue weighted by Crippen LogP contribution is 2.31. The first kappa shape index (κ1) is 15.4. The molecule has 1 aliphatic rings. The predicted octanol–water partition coefficient (Wildman–Crippen LogP) is 1.62. The fourth-order valence-corrected chi connectivity index (χ4v) is 2.52. The van der Waals surface area contributed by atoms with E-state index in [1.807, 2.05) is 31.2 Å². The molecule has 1 aromatic carbocycles. The molecular formula is C16H23N3O2. The molecule has 5 heteroatoms. The molecule has 1 aromatic rings. The molecule has 1 heterocycles. The summed E-state index contributed by atoms with van der Waals surface area (Å²) in [5.74, 6) is -0.403. The summed E-state index contributed by atoms with van der Waals surface area (Å²) in [5.41, 5.74) is 2.01. The molecule has 21 heavy (non-hydrogen) atoms. The molecule has 1 aliphatic heterocycles. The van der Waals surface area contributed by atoms with Crippen LogP contribution in [0.25, 0.3) is 0 Å². The fourth-order valence-electron chi connectivity index (χ4n) is 2.52. The lowest BCUT2D eigenvalue weighted by Crippen LogP contribution is -2.47. The van der Waals surface area contributed by atoms with Gasteiger partial charge in [0.05, 0.1) is 5.92 Å². The highest BCUT2D eigenvalue weighted by Gasteiger charge is 2.28. The topological polar surface area (TPSA) is 70.2 Å². The zero-order chi connectivity index (χ0) is 15.2. The minimum Gasteiger partial charge on any atom is -0.385 e. The molecule has 3 N–H and O–H groups in total. The monoisotopic (exact) mass is 289 g/mol. The Morgan fingerprint density at radius 2 is 2.14 bits per heavy atom. The summed E-state index contributed by atoms with van der Waals surface area (Å²) in [4.78, 5) is 24.3. The van der Waals surface area contributed by atoms with Crippen LogP contribution in [0.5, 0.6) is 0 Å². The van der Waals surface area contributed by atoms with Crippen molar-refractivity contribution < 1.29 is 9.59 Å². The molecular weight excluding hydrogens is 266 g/mol. The summed E-state index contributed by atoms with van der Waals surface area (Å²) >= 11 is 0. The number of amides is 2. The Balaban J connectivity index is 2.00. The van der Waals surface area contributed by atoms with E-state index in [9.17, 15) is 9.59 Å². The van der Waals surface area contributed by atoms with E-state index in [1.54, 1.807) is 6.92 Å². The van der Waals surface area contributed by atoms with Crippen molar-refractivity contribution in [2.24, 2.45) is 0 Å². The second-order valence-electron chi connectivity index (χ2n) is 5.38. The molecule has 2 amide bonds. The van der Waals surface area contributed by atoms with E-state index in [4.69, 9.17) is 0 Å². The van der Waals surface area contributed by atoms with Crippen molar-refractivity contribution in [3.8, 4) is 0 Å². The van der Waals surface area contributed by atoms with E-state index in [0.717, 1.165) is 30.6 Å². The lowest BCUT2D eigenvalue weighted by atomic mass is 9.90. The molecule has 0 radical (unpaired) electrons. The van der Waals surface area contributed by atoms with Gasteiger partial charge in [0, 0.05) is 18.8 Å². The van der Waals surface area contributed by atoms with Gasteiger partial charge >= 0.3 is 0 Å². The van der Waals surface area contributed by atoms with Gasteiger partial charge in [-0.3, -0.25) is 9.59 Å². The SMILES string of the molecule is CCCNC(=O)C(C)NC(=O)C1CCNc2ccccc21. The van der Waals surface area contributed by atoms with Gasteiger partial charge in [-0.2, -0.15) is 0 Å². The first-order valence-corrected chi connectivity index (χ1v) is 7.54. The third-order valence-electron chi connectivity index (χ3n) is 3.70. The molecule has 2 unspecified atom stereocenters. The third kappa shape index (κ3) is 3.74. The van der Waals surface area contributed by atoms with Crippen LogP contribution in [0.4, 0.5) is 5.69 Å². The molecule has 0 aliphatic carbocycles. The Morgan fingerprint density at radius 3 is 2.90 bits per heavy atom. The van der Waals surface area contributed by atoms with Crippen molar-refractivity contribution in [2.75, 3.05) is 18.4 Å². The van der Waals surface area contributed by atoms with E-state index in [2.05, 4.69) is 16.0 Å². The molecule has 0 bridgehead atoms. The molecule has 0 saturated carbocycles. The van der Waals surface area contributed by atoms with Crippen molar-refractivity contribution in [3.05, 3.63) is 29.8 Å². The number of nitrogens with one attached hydrogen (secondary N) is 3. The van der Waals surface area contributed by atoms with E-state index in [0.29, 0.717) is 6.54 Å². The number of fused-ring (bicyclic) bond motifs is 1. The maximum Gasteiger partial charge on any atom is 0.242 e. The number of benzene rings is 1. The second-order valence-corrected chi connectivity index (χ2v) is 5.38. The van der Waals surface area contributed by atoms with Gasteiger partial charge in [-0.25, -0.2) is 0 Å². The van der Waals surface area contributed by atoms with Gasteiger partial charge in [-0.05, 0) is 31.4 Å². The summed E-state index contributed by atoms with van der Waals surface area (Å²) in [6, 6.07) is 7.32. The molecule has 2 atom stereocenters. The number of hydrogen-bond acceptors (Lipinski definition) is 3. The van der Waals surface area contributed by atoms with Crippen molar-refractivity contribution >= 4 is 17.5 Å². The van der Waals surface area contributed by atoms with E-state index < -0.39 is 6.04 Å². The Bertz CT molecular complexity index is 516. The number of carbonyl (C=O) groups is 2. The predicted molar refractivity (Wildman–Crippen MR) is 83.2 cm³/mol. The summed E-state index contributed by atoms with van der Waals surface area (Å²) in [6.07, 6.45) is 1.63. The molecule has 0 aromatic heterocycles. The number of hydrogen-bond donors (Lipinski definition) is 3. The Labute approximate surface area is 125 Å². The normalized spacial score (nSPS) is 18.1. The van der Waals surface area contributed by atoms with Crippen LogP contribution in [0, 0.1) is 0 Å². The molecule has 0 spiro atoms. The molecule has 0 saturated heterocycles. The van der Waals surface area contributed by atoms with Gasteiger partial charge in [0.25, 0.3) is 0 Å². The fraction of sp³-hybridized carbons (Fsp3) is 0.500. The zero-order valence-corrected chi connectivity index (χ0v) is 12.6. The maximum atomic E-state index is 12.4. The Hall–Kier alpha value is -2.04. The average molecular weight is 289 g/mol. The van der Waals surface area contributed by atoms with Crippen LogP contribution >= 0.6 is 0 Å². The summed E-state index contributed by atoms with van der Waals surface area (Å²) in [7, 11) is 0. The maximum absolute atomic E-state index is 12.4. The van der Waals surface area contributed by atoms with Crippen LogP contribution in [0.3, 0.4) is 0 Å². The highest BCUT2D eigenvalue weighted by molar-refractivity contribution is 5.91. The van der Waals surface area contributed by atoms with Gasteiger partial charge in [-0.1, -0.05) is 25.1 Å².